The minimum Gasteiger partial charge on any atom is -0.207 e. The first-order valence-corrected chi connectivity index (χ1v) is 4.52. The van der Waals surface area contributed by atoms with E-state index in [9.17, 15) is 4.39 Å². The zero-order valence-corrected chi connectivity index (χ0v) is 8.18. The molecule has 1 heteroatoms. The number of benzene rings is 1. The van der Waals surface area contributed by atoms with E-state index in [-0.39, 0.29) is 5.82 Å². The molecule has 0 saturated heterocycles. The fourth-order valence-electron chi connectivity index (χ4n) is 1.36. The first kappa shape index (κ1) is 9.97. The van der Waals surface area contributed by atoms with E-state index in [1.165, 1.54) is 11.6 Å². The molecule has 0 aliphatic carbocycles. The van der Waals surface area contributed by atoms with Gasteiger partial charge >= 0.3 is 0 Å². The van der Waals surface area contributed by atoms with Gasteiger partial charge in [-0.25, -0.2) is 4.39 Å². The van der Waals surface area contributed by atoms with Crippen molar-refractivity contribution in [1.29, 1.82) is 0 Å². The Morgan fingerprint density at radius 1 is 1.54 bits per heavy atom. The number of hydrogen-bond acceptors (Lipinski definition) is 0. The lowest BCUT2D eigenvalue weighted by atomic mass is 9.96. The minimum atomic E-state index is -0.130. The highest BCUT2D eigenvalue weighted by Gasteiger charge is 2.05. The van der Waals surface area contributed by atoms with E-state index in [0.717, 1.165) is 6.42 Å². The summed E-state index contributed by atoms with van der Waals surface area (Å²) < 4.78 is 12.9. The van der Waals surface area contributed by atoms with Gasteiger partial charge in [0.25, 0.3) is 0 Å². The molecule has 13 heavy (non-hydrogen) atoms. The third kappa shape index (κ3) is 2.41. The topological polar surface area (TPSA) is 0 Å². The van der Waals surface area contributed by atoms with Crippen LogP contribution in [0.15, 0.2) is 30.9 Å². The molecule has 0 radical (unpaired) electrons. The van der Waals surface area contributed by atoms with Crippen LogP contribution in [-0.4, -0.2) is 0 Å². The summed E-state index contributed by atoms with van der Waals surface area (Å²) in [4.78, 5) is 0. The number of halogens is 1. The fraction of sp³-hybridized carbons (Fsp3) is 0.333. The Morgan fingerprint density at radius 3 is 2.77 bits per heavy atom. The molecule has 0 heterocycles. The standard InChI is InChI=1S/C12H15F/c1-4-5-9(2)11-6-7-12(13)10(3)8-11/h4,6-9H,1,5H2,2-3H3. The highest BCUT2D eigenvalue weighted by atomic mass is 19.1. The maximum Gasteiger partial charge on any atom is 0.126 e. The monoisotopic (exact) mass is 178 g/mol. The zero-order chi connectivity index (χ0) is 9.84. The predicted molar refractivity (Wildman–Crippen MR) is 54.4 cm³/mol. The molecule has 0 bridgehead atoms. The molecule has 0 nitrogen and oxygen atoms in total. The molecule has 0 aliphatic heterocycles. The number of allylic oxidation sites excluding steroid dienone is 1. The Balaban J connectivity index is 2.89. The summed E-state index contributed by atoms with van der Waals surface area (Å²) in [5, 5.41) is 0. The number of hydrogen-bond donors (Lipinski definition) is 0. The molecular formula is C12H15F. The van der Waals surface area contributed by atoms with Gasteiger partial charge in [-0.15, -0.1) is 6.58 Å². The molecule has 1 aromatic rings. The lowest BCUT2D eigenvalue weighted by Gasteiger charge is -2.09. The van der Waals surface area contributed by atoms with Gasteiger partial charge in [0.05, 0.1) is 0 Å². The largest absolute Gasteiger partial charge is 0.207 e. The molecule has 0 aromatic heterocycles. The van der Waals surface area contributed by atoms with E-state index in [0.29, 0.717) is 11.5 Å². The highest BCUT2D eigenvalue weighted by molar-refractivity contribution is 5.26. The molecule has 1 aromatic carbocycles. The molecular weight excluding hydrogens is 163 g/mol. The number of aryl methyl sites for hydroxylation is 1. The van der Waals surface area contributed by atoms with Gasteiger partial charge in [0, 0.05) is 0 Å². The first-order valence-electron chi connectivity index (χ1n) is 4.52. The second-order valence-corrected chi connectivity index (χ2v) is 3.43. The Morgan fingerprint density at radius 2 is 2.23 bits per heavy atom. The van der Waals surface area contributed by atoms with E-state index in [1.807, 2.05) is 18.2 Å². The van der Waals surface area contributed by atoms with E-state index in [2.05, 4.69) is 13.5 Å². The average molecular weight is 178 g/mol. The van der Waals surface area contributed by atoms with Crippen LogP contribution in [0.1, 0.15) is 30.4 Å². The summed E-state index contributed by atoms with van der Waals surface area (Å²) in [7, 11) is 0. The predicted octanol–water partition coefficient (Wildman–Crippen LogP) is 3.81. The van der Waals surface area contributed by atoms with Gasteiger partial charge in [-0.05, 0) is 36.5 Å². The SMILES string of the molecule is C=CCC(C)c1ccc(F)c(C)c1. The normalized spacial score (nSPS) is 12.5. The van der Waals surface area contributed by atoms with Crippen molar-refractivity contribution >= 4 is 0 Å². The van der Waals surface area contributed by atoms with Crippen LogP contribution in [0.4, 0.5) is 4.39 Å². The second-order valence-electron chi connectivity index (χ2n) is 3.43. The Bertz CT molecular complexity index is 302. The molecule has 1 rings (SSSR count). The zero-order valence-electron chi connectivity index (χ0n) is 8.18. The summed E-state index contributed by atoms with van der Waals surface area (Å²) >= 11 is 0. The minimum absolute atomic E-state index is 0.130. The van der Waals surface area contributed by atoms with E-state index in [1.54, 1.807) is 6.92 Å². The first-order chi connectivity index (χ1) is 6.15. The third-order valence-corrected chi connectivity index (χ3v) is 2.27. The Kier molecular flexibility index (Phi) is 3.24. The van der Waals surface area contributed by atoms with E-state index in [4.69, 9.17) is 0 Å². The summed E-state index contributed by atoms with van der Waals surface area (Å²) in [6, 6.07) is 5.28. The van der Waals surface area contributed by atoms with Gasteiger partial charge in [-0.2, -0.15) is 0 Å². The Hall–Kier alpha value is -1.11. The molecule has 0 saturated carbocycles. The van der Waals surface area contributed by atoms with Gasteiger partial charge in [0.2, 0.25) is 0 Å². The highest BCUT2D eigenvalue weighted by Crippen LogP contribution is 2.21. The fourth-order valence-corrected chi connectivity index (χ4v) is 1.36. The quantitative estimate of drug-likeness (QED) is 0.617. The van der Waals surface area contributed by atoms with Crippen LogP contribution in [0.3, 0.4) is 0 Å². The summed E-state index contributed by atoms with van der Waals surface area (Å²) in [6.07, 6.45) is 2.83. The van der Waals surface area contributed by atoms with Gasteiger partial charge in [-0.1, -0.05) is 25.1 Å². The van der Waals surface area contributed by atoms with Crippen molar-refractivity contribution in [1.82, 2.24) is 0 Å². The van der Waals surface area contributed by atoms with Crippen molar-refractivity contribution in [2.75, 3.05) is 0 Å². The van der Waals surface area contributed by atoms with E-state index < -0.39 is 0 Å². The summed E-state index contributed by atoms with van der Waals surface area (Å²) in [5.74, 6) is 0.298. The molecule has 0 spiro atoms. The van der Waals surface area contributed by atoms with Crippen LogP contribution in [0, 0.1) is 12.7 Å². The lowest BCUT2D eigenvalue weighted by Crippen LogP contribution is -1.93. The van der Waals surface area contributed by atoms with Crippen molar-refractivity contribution < 1.29 is 4.39 Å². The smallest absolute Gasteiger partial charge is 0.126 e. The van der Waals surface area contributed by atoms with Crippen LogP contribution < -0.4 is 0 Å². The molecule has 1 unspecified atom stereocenters. The van der Waals surface area contributed by atoms with Crippen molar-refractivity contribution in [2.45, 2.75) is 26.2 Å². The van der Waals surface area contributed by atoms with Crippen molar-refractivity contribution in [3.63, 3.8) is 0 Å². The second kappa shape index (κ2) is 4.22. The van der Waals surface area contributed by atoms with Crippen molar-refractivity contribution in [3.05, 3.63) is 47.8 Å². The summed E-state index contributed by atoms with van der Waals surface area (Å²) in [5.41, 5.74) is 1.90. The van der Waals surface area contributed by atoms with Crippen LogP contribution in [-0.2, 0) is 0 Å². The maximum atomic E-state index is 12.9. The Labute approximate surface area is 79.1 Å². The molecule has 1 atom stereocenters. The third-order valence-electron chi connectivity index (χ3n) is 2.27. The van der Waals surface area contributed by atoms with Gasteiger partial charge < -0.3 is 0 Å². The maximum absolute atomic E-state index is 12.9. The van der Waals surface area contributed by atoms with Gasteiger partial charge in [0.1, 0.15) is 5.82 Å². The van der Waals surface area contributed by atoms with Crippen LogP contribution in [0.2, 0.25) is 0 Å². The van der Waals surface area contributed by atoms with Crippen LogP contribution in [0.25, 0.3) is 0 Å². The van der Waals surface area contributed by atoms with Crippen molar-refractivity contribution in [2.24, 2.45) is 0 Å². The van der Waals surface area contributed by atoms with Crippen LogP contribution >= 0.6 is 0 Å². The van der Waals surface area contributed by atoms with Crippen LogP contribution in [0.5, 0.6) is 0 Å². The van der Waals surface area contributed by atoms with E-state index >= 15 is 0 Å². The number of rotatable bonds is 3. The molecule has 0 fully saturated rings. The van der Waals surface area contributed by atoms with Gasteiger partial charge in [-0.3, -0.25) is 0 Å². The summed E-state index contributed by atoms with van der Waals surface area (Å²) in [6.45, 7) is 7.60. The molecule has 70 valence electrons. The van der Waals surface area contributed by atoms with Gasteiger partial charge in [0.15, 0.2) is 0 Å². The lowest BCUT2D eigenvalue weighted by molar-refractivity contribution is 0.616. The average Bonchev–Trinajstić information content (AvgIpc) is 2.10. The molecule has 0 N–H and O–H groups in total. The van der Waals surface area contributed by atoms with Crippen molar-refractivity contribution in [3.8, 4) is 0 Å². The molecule has 0 aliphatic rings. The molecule has 0 amide bonds.